The average molecular weight is 204 g/mol. The van der Waals surface area contributed by atoms with E-state index >= 15 is 0 Å². The fraction of sp³-hybridized carbons (Fsp3) is 0.286. The topological polar surface area (TPSA) is 0 Å². The lowest BCUT2D eigenvalue weighted by molar-refractivity contribution is 0.672. The summed E-state index contributed by atoms with van der Waals surface area (Å²) in [4.78, 5) is 0. The molecule has 1 heteroatoms. The number of halogens is 1. The summed E-state index contributed by atoms with van der Waals surface area (Å²) >= 11 is 0. The van der Waals surface area contributed by atoms with Crippen LogP contribution in [0.1, 0.15) is 31.7 Å². The van der Waals surface area contributed by atoms with Gasteiger partial charge in [-0.3, -0.25) is 0 Å². The van der Waals surface area contributed by atoms with E-state index in [1.54, 1.807) is 12.2 Å². The van der Waals surface area contributed by atoms with Crippen LogP contribution in [0.25, 0.3) is 6.08 Å². The van der Waals surface area contributed by atoms with Crippen LogP contribution in [-0.4, -0.2) is 0 Å². The molecule has 1 rings (SSSR count). The van der Waals surface area contributed by atoms with Crippen LogP contribution in [0, 0.1) is 0 Å². The van der Waals surface area contributed by atoms with E-state index in [1.165, 1.54) is 0 Å². The quantitative estimate of drug-likeness (QED) is 0.480. The third kappa shape index (κ3) is 5.16. The van der Waals surface area contributed by atoms with Crippen molar-refractivity contribution in [1.82, 2.24) is 0 Å². The molecule has 0 bridgehead atoms. The predicted molar refractivity (Wildman–Crippen MR) is 64.2 cm³/mol. The zero-order chi connectivity index (χ0) is 10.9. The van der Waals surface area contributed by atoms with Crippen LogP contribution >= 0.6 is 0 Å². The van der Waals surface area contributed by atoms with Crippen molar-refractivity contribution >= 4 is 6.08 Å². The molecule has 0 N–H and O–H groups in total. The SMILES string of the molecule is CCCC/C=C/C(F)=C\c1ccccc1. The van der Waals surface area contributed by atoms with Gasteiger partial charge in [0, 0.05) is 0 Å². The number of rotatable bonds is 5. The van der Waals surface area contributed by atoms with Crippen molar-refractivity contribution in [3.8, 4) is 0 Å². The zero-order valence-corrected chi connectivity index (χ0v) is 9.12. The minimum Gasteiger partial charge on any atom is -0.207 e. The molecule has 0 heterocycles. The van der Waals surface area contributed by atoms with Gasteiger partial charge in [-0.2, -0.15) is 0 Å². The van der Waals surface area contributed by atoms with E-state index in [1.807, 2.05) is 36.4 Å². The maximum atomic E-state index is 13.3. The first-order valence-electron chi connectivity index (χ1n) is 5.41. The summed E-state index contributed by atoms with van der Waals surface area (Å²) in [5, 5.41) is 0. The first kappa shape index (κ1) is 11.7. The first-order valence-corrected chi connectivity index (χ1v) is 5.41. The number of hydrogen-bond acceptors (Lipinski definition) is 0. The molecule has 0 aliphatic rings. The highest BCUT2D eigenvalue weighted by Gasteiger charge is 1.89. The second-order valence-electron chi connectivity index (χ2n) is 3.48. The second kappa shape index (κ2) is 6.99. The fourth-order valence-electron chi connectivity index (χ4n) is 1.27. The Bertz CT molecular complexity index is 322. The van der Waals surface area contributed by atoms with E-state index < -0.39 is 0 Å². The summed E-state index contributed by atoms with van der Waals surface area (Å²) in [6.45, 7) is 2.13. The van der Waals surface area contributed by atoms with Gasteiger partial charge in [0.25, 0.3) is 0 Å². The number of benzene rings is 1. The monoisotopic (exact) mass is 204 g/mol. The van der Waals surface area contributed by atoms with Gasteiger partial charge in [-0.05, 0) is 24.1 Å². The van der Waals surface area contributed by atoms with E-state index in [2.05, 4.69) is 6.92 Å². The maximum absolute atomic E-state index is 13.3. The van der Waals surface area contributed by atoms with Gasteiger partial charge >= 0.3 is 0 Å². The van der Waals surface area contributed by atoms with E-state index in [-0.39, 0.29) is 5.83 Å². The minimum absolute atomic E-state index is 0.183. The van der Waals surface area contributed by atoms with Crippen molar-refractivity contribution in [1.29, 1.82) is 0 Å². The fourth-order valence-corrected chi connectivity index (χ4v) is 1.27. The van der Waals surface area contributed by atoms with E-state index in [0.717, 1.165) is 24.8 Å². The lowest BCUT2D eigenvalue weighted by atomic mass is 10.2. The van der Waals surface area contributed by atoms with Crippen molar-refractivity contribution < 1.29 is 4.39 Å². The third-order valence-electron chi connectivity index (χ3n) is 2.11. The highest BCUT2D eigenvalue weighted by molar-refractivity contribution is 5.53. The Labute approximate surface area is 91.1 Å². The molecule has 80 valence electrons. The molecule has 1 aromatic rings. The van der Waals surface area contributed by atoms with Gasteiger partial charge in [0.15, 0.2) is 0 Å². The molecule has 0 atom stereocenters. The Morgan fingerprint density at radius 1 is 1.27 bits per heavy atom. The largest absolute Gasteiger partial charge is 0.207 e. The van der Waals surface area contributed by atoms with Crippen LogP contribution in [0.15, 0.2) is 48.3 Å². The minimum atomic E-state index is -0.183. The normalized spacial score (nSPS) is 12.3. The standard InChI is InChI=1S/C14H17F/c1-2-3-4-8-11-14(15)12-13-9-6-5-7-10-13/h5-12H,2-4H2,1H3/b11-8+,14-12+. The van der Waals surface area contributed by atoms with Crippen LogP contribution in [0.2, 0.25) is 0 Å². The van der Waals surface area contributed by atoms with Crippen molar-refractivity contribution in [2.45, 2.75) is 26.2 Å². The third-order valence-corrected chi connectivity index (χ3v) is 2.11. The molecule has 0 aliphatic heterocycles. The van der Waals surface area contributed by atoms with Gasteiger partial charge < -0.3 is 0 Å². The van der Waals surface area contributed by atoms with Crippen molar-refractivity contribution in [2.75, 3.05) is 0 Å². The van der Waals surface area contributed by atoms with Gasteiger partial charge in [-0.25, -0.2) is 4.39 Å². The summed E-state index contributed by atoms with van der Waals surface area (Å²) in [6.07, 6.45) is 8.19. The molecule has 0 amide bonds. The molecule has 0 radical (unpaired) electrons. The molecule has 0 spiro atoms. The summed E-state index contributed by atoms with van der Waals surface area (Å²) in [5.74, 6) is -0.183. The summed E-state index contributed by atoms with van der Waals surface area (Å²) in [6, 6.07) is 9.51. The molecule has 0 aromatic heterocycles. The summed E-state index contributed by atoms with van der Waals surface area (Å²) < 4.78 is 13.3. The van der Waals surface area contributed by atoms with Gasteiger partial charge in [0.05, 0.1) is 0 Å². The zero-order valence-electron chi connectivity index (χ0n) is 9.12. The maximum Gasteiger partial charge on any atom is 0.123 e. The molecule has 0 aliphatic carbocycles. The lowest BCUT2D eigenvalue weighted by Gasteiger charge is -1.92. The van der Waals surface area contributed by atoms with Gasteiger partial charge in [-0.15, -0.1) is 0 Å². The highest BCUT2D eigenvalue weighted by Crippen LogP contribution is 2.09. The Hall–Kier alpha value is -1.37. The van der Waals surface area contributed by atoms with Crippen molar-refractivity contribution in [3.05, 3.63) is 53.9 Å². The van der Waals surface area contributed by atoms with Crippen LogP contribution in [-0.2, 0) is 0 Å². The second-order valence-corrected chi connectivity index (χ2v) is 3.48. The van der Waals surface area contributed by atoms with Gasteiger partial charge in [-0.1, -0.05) is 56.2 Å². The van der Waals surface area contributed by atoms with E-state index in [0.29, 0.717) is 0 Å². The average Bonchev–Trinajstić information content (AvgIpc) is 2.26. The van der Waals surface area contributed by atoms with Gasteiger partial charge in [0.1, 0.15) is 5.83 Å². The molecule has 1 aromatic carbocycles. The Kier molecular flexibility index (Phi) is 5.46. The summed E-state index contributed by atoms with van der Waals surface area (Å²) in [7, 11) is 0. The van der Waals surface area contributed by atoms with Crippen molar-refractivity contribution in [2.24, 2.45) is 0 Å². The van der Waals surface area contributed by atoms with Crippen molar-refractivity contribution in [3.63, 3.8) is 0 Å². The van der Waals surface area contributed by atoms with Crippen LogP contribution in [0.3, 0.4) is 0 Å². The molecule has 0 nitrogen and oxygen atoms in total. The molecule has 0 fully saturated rings. The molecular weight excluding hydrogens is 187 g/mol. The number of allylic oxidation sites excluding steroid dienone is 3. The Balaban J connectivity index is 2.49. The number of unbranched alkanes of at least 4 members (excludes halogenated alkanes) is 2. The summed E-state index contributed by atoms with van der Waals surface area (Å²) in [5.41, 5.74) is 0.898. The Morgan fingerprint density at radius 3 is 2.67 bits per heavy atom. The Morgan fingerprint density at radius 2 is 2.00 bits per heavy atom. The van der Waals surface area contributed by atoms with E-state index in [4.69, 9.17) is 0 Å². The van der Waals surface area contributed by atoms with Crippen LogP contribution < -0.4 is 0 Å². The van der Waals surface area contributed by atoms with Crippen LogP contribution in [0.4, 0.5) is 4.39 Å². The molecule has 0 saturated heterocycles. The predicted octanol–water partition coefficient (Wildman–Crippen LogP) is 4.74. The number of hydrogen-bond donors (Lipinski definition) is 0. The molecular formula is C14H17F. The molecule has 0 saturated carbocycles. The van der Waals surface area contributed by atoms with Gasteiger partial charge in [0.2, 0.25) is 0 Å². The molecule has 15 heavy (non-hydrogen) atoms. The molecule has 0 unspecified atom stereocenters. The van der Waals surface area contributed by atoms with E-state index in [9.17, 15) is 4.39 Å². The van der Waals surface area contributed by atoms with Crippen LogP contribution in [0.5, 0.6) is 0 Å². The highest BCUT2D eigenvalue weighted by atomic mass is 19.1. The smallest absolute Gasteiger partial charge is 0.123 e. The first-order chi connectivity index (χ1) is 7.33. The lowest BCUT2D eigenvalue weighted by Crippen LogP contribution is -1.72.